The molecule has 0 aliphatic rings. The third-order valence-electron chi connectivity index (χ3n) is 3.49. The van der Waals surface area contributed by atoms with E-state index in [4.69, 9.17) is 9.15 Å². The lowest BCUT2D eigenvalue weighted by atomic mass is 10.1. The van der Waals surface area contributed by atoms with E-state index in [9.17, 15) is 9.90 Å². The molecule has 3 rings (SSSR count). The monoisotopic (exact) mass is 330 g/mol. The maximum Gasteiger partial charge on any atom is 0.239 e. The average Bonchev–Trinajstić information content (AvgIpc) is 3.08. The van der Waals surface area contributed by atoms with Crippen LogP contribution >= 0.6 is 0 Å². The molecule has 0 amide bonds. The molecule has 0 bridgehead atoms. The highest BCUT2D eigenvalue weighted by Gasteiger charge is 2.17. The standard InChI is InChI=1S/C16H18N4O4/c1-3-4-10-5-6-12(23-8-9(2)21)14-11(22)7-13(24-15(10)14)16-17-19-20-18-16/h5-7,9,21H,3-4,8H2,1-2H3,(H,17,18,19,20). The molecule has 24 heavy (non-hydrogen) atoms. The van der Waals surface area contributed by atoms with Crippen LogP contribution < -0.4 is 10.2 Å². The van der Waals surface area contributed by atoms with Crippen molar-refractivity contribution in [3.8, 4) is 17.3 Å². The minimum atomic E-state index is -0.638. The van der Waals surface area contributed by atoms with Gasteiger partial charge >= 0.3 is 0 Å². The highest BCUT2D eigenvalue weighted by molar-refractivity contribution is 5.87. The first kappa shape index (κ1) is 16.1. The number of aryl methyl sites for hydroxylation is 1. The lowest BCUT2D eigenvalue weighted by molar-refractivity contribution is 0.123. The van der Waals surface area contributed by atoms with Gasteiger partial charge in [-0.25, -0.2) is 0 Å². The lowest BCUT2D eigenvalue weighted by Crippen LogP contribution is -2.14. The van der Waals surface area contributed by atoms with Gasteiger partial charge in [-0.15, -0.1) is 10.2 Å². The van der Waals surface area contributed by atoms with Crippen LogP contribution in [0.1, 0.15) is 25.8 Å². The third kappa shape index (κ3) is 3.13. The molecule has 1 atom stereocenters. The second-order valence-electron chi connectivity index (χ2n) is 5.55. The van der Waals surface area contributed by atoms with Gasteiger partial charge in [0.05, 0.1) is 6.10 Å². The minimum absolute atomic E-state index is 0.0915. The van der Waals surface area contributed by atoms with Crippen LogP contribution in [0.15, 0.2) is 27.4 Å². The number of H-pyrrole nitrogens is 1. The summed E-state index contributed by atoms with van der Waals surface area (Å²) in [6, 6.07) is 4.92. The van der Waals surface area contributed by atoms with Gasteiger partial charge in [-0.1, -0.05) is 19.4 Å². The predicted octanol–water partition coefficient (Wildman–Crippen LogP) is 1.69. The maximum absolute atomic E-state index is 12.6. The van der Waals surface area contributed by atoms with Crippen molar-refractivity contribution in [3.63, 3.8) is 0 Å². The lowest BCUT2D eigenvalue weighted by Gasteiger charge is -2.12. The van der Waals surface area contributed by atoms with Crippen molar-refractivity contribution < 1.29 is 14.3 Å². The second-order valence-corrected chi connectivity index (χ2v) is 5.55. The number of nitrogens with zero attached hydrogens (tertiary/aromatic N) is 3. The number of nitrogens with one attached hydrogen (secondary N) is 1. The van der Waals surface area contributed by atoms with Crippen LogP contribution in [0.3, 0.4) is 0 Å². The summed E-state index contributed by atoms with van der Waals surface area (Å²) in [7, 11) is 0. The summed E-state index contributed by atoms with van der Waals surface area (Å²) in [5.41, 5.74) is 1.10. The SMILES string of the molecule is CCCc1ccc(OCC(C)O)c2c(=O)cc(-c3nn[nH]n3)oc12. The van der Waals surface area contributed by atoms with E-state index in [-0.39, 0.29) is 23.6 Å². The Labute approximate surface area is 137 Å². The van der Waals surface area contributed by atoms with Crippen molar-refractivity contribution in [2.45, 2.75) is 32.8 Å². The van der Waals surface area contributed by atoms with E-state index in [0.717, 1.165) is 18.4 Å². The molecule has 3 aromatic rings. The fraction of sp³-hybridized carbons (Fsp3) is 0.375. The number of benzene rings is 1. The summed E-state index contributed by atoms with van der Waals surface area (Å²) < 4.78 is 11.5. The van der Waals surface area contributed by atoms with Crippen LogP contribution in [0.5, 0.6) is 5.75 Å². The molecule has 2 N–H and O–H groups in total. The van der Waals surface area contributed by atoms with Gasteiger partial charge in [0.15, 0.2) is 11.2 Å². The molecule has 0 saturated carbocycles. The maximum atomic E-state index is 12.6. The predicted molar refractivity (Wildman–Crippen MR) is 86.8 cm³/mol. The molecule has 0 aliphatic carbocycles. The molecule has 1 unspecified atom stereocenters. The summed E-state index contributed by atoms with van der Waals surface area (Å²) in [5, 5.41) is 23.3. The van der Waals surface area contributed by atoms with Gasteiger partial charge in [0.25, 0.3) is 0 Å². The highest BCUT2D eigenvalue weighted by atomic mass is 16.5. The number of rotatable bonds is 6. The number of aromatic nitrogens is 4. The number of ether oxygens (including phenoxy) is 1. The zero-order valence-corrected chi connectivity index (χ0v) is 13.4. The largest absolute Gasteiger partial charge is 0.490 e. The van der Waals surface area contributed by atoms with Crippen molar-refractivity contribution in [2.24, 2.45) is 0 Å². The Bertz CT molecular complexity index is 887. The molecule has 0 spiro atoms. The van der Waals surface area contributed by atoms with Crippen molar-refractivity contribution in [3.05, 3.63) is 34.0 Å². The summed E-state index contributed by atoms with van der Waals surface area (Å²) in [4.78, 5) is 12.6. The summed E-state index contributed by atoms with van der Waals surface area (Å²) >= 11 is 0. The zero-order valence-electron chi connectivity index (χ0n) is 13.4. The van der Waals surface area contributed by atoms with Crippen LogP contribution in [-0.2, 0) is 6.42 Å². The minimum Gasteiger partial charge on any atom is -0.490 e. The first-order valence-corrected chi connectivity index (χ1v) is 7.74. The molecule has 0 fully saturated rings. The zero-order chi connectivity index (χ0) is 17.1. The summed E-state index contributed by atoms with van der Waals surface area (Å²) in [5.74, 6) is 0.845. The molecule has 0 saturated heterocycles. The Hall–Kier alpha value is -2.74. The smallest absolute Gasteiger partial charge is 0.239 e. The topological polar surface area (TPSA) is 114 Å². The van der Waals surface area contributed by atoms with Gasteiger partial charge in [0.1, 0.15) is 23.3 Å². The molecular weight excluding hydrogens is 312 g/mol. The van der Waals surface area contributed by atoms with Crippen molar-refractivity contribution in [2.75, 3.05) is 6.61 Å². The van der Waals surface area contributed by atoms with Gasteiger partial charge in [-0.2, -0.15) is 5.21 Å². The number of aromatic amines is 1. The normalized spacial score (nSPS) is 12.5. The van der Waals surface area contributed by atoms with Gasteiger partial charge < -0.3 is 14.3 Å². The van der Waals surface area contributed by atoms with Crippen LogP contribution in [-0.4, -0.2) is 38.4 Å². The van der Waals surface area contributed by atoms with Gasteiger partial charge in [-0.3, -0.25) is 4.79 Å². The number of hydrogen-bond donors (Lipinski definition) is 2. The Morgan fingerprint density at radius 3 is 2.92 bits per heavy atom. The summed E-state index contributed by atoms with van der Waals surface area (Å²) in [6.07, 6.45) is 1.02. The Kier molecular flexibility index (Phi) is 4.57. The number of hydrogen-bond acceptors (Lipinski definition) is 7. The number of fused-ring (bicyclic) bond motifs is 1. The molecule has 2 aromatic heterocycles. The molecule has 126 valence electrons. The highest BCUT2D eigenvalue weighted by Crippen LogP contribution is 2.29. The second kappa shape index (κ2) is 6.79. The molecule has 0 radical (unpaired) electrons. The van der Waals surface area contributed by atoms with E-state index in [2.05, 4.69) is 20.6 Å². The van der Waals surface area contributed by atoms with E-state index in [1.165, 1.54) is 6.07 Å². The average molecular weight is 330 g/mol. The van der Waals surface area contributed by atoms with E-state index in [1.807, 2.05) is 13.0 Å². The van der Waals surface area contributed by atoms with Crippen molar-refractivity contribution in [1.29, 1.82) is 0 Å². The van der Waals surface area contributed by atoms with E-state index in [0.29, 0.717) is 16.7 Å². The quantitative estimate of drug-likeness (QED) is 0.706. The van der Waals surface area contributed by atoms with Crippen LogP contribution in [0.25, 0.3) is 22.6 Å². The molecular formula is C16H18N4O4. The Balaban J connectivity index is 2.19. The Morgan fingerprint density at radius 2 is 2.25 bits per heavy atom. The number of aliphatic hydroxyl groups excluding tert-OH is 1. The van der Waals surface area contributed by atoms with Crippen LogP contribution in [0, 0.1) is 0 Å². The first-order valence-electron chi connectivity index (χ1n) is 7.74. The number of tetrazole rings is 1. The Morgan fingerprint density at radius 1 is 1.42 bits per heavy atom. The first-order chi connectivity index (χ1) is 11.6. The van der Waals surface area contributed by atoms with Gasteiger partial charge in [0, 0.05) is 6.07 Å². The third-order valence-corrected chi connectivity index (χ3v) is 3.49. The van der Waals surface area contributed by atoms with Crippen LogP contribution in [0.4, 0.5) is 0 Å². The molecule has 8 nitrogen and oxygen atoms in total. The van der Waals surface area contributed by atoms with E-state index in [1.54, 1.807) is 13.0 Å². The molecule has 0 aliphatic heterocycles. The fourth-order valence-corrected chi connectivity index (χ4v) is 2.46. The van der Waals surface area contributed by atoms with E-state index < -0.39 is 6.10 Å². The molecule has 1 aromatic carbocycles. The number of aliphatic hydroxyl groups is 1. The summed E-state index contributed by atoms with van der Waals surface area (Å²) in [6.45, 7) is 3.75. The van der Waals surface area contributed by atoms with Crippen molar-refractivity contribution in [1.82, 2.24) is 20.6 Å². The van der Waals surface area contributed by atoms with Gasteiger partial charge in [0.2, 0.25) is 5.82 Å². The molecule has 2 heterocycles. The molecule has 8 heteroatoms. The van der Waals surface area contributed by atoms with Crippen LogP contribution in [0.2, 0.25) is 0 Å². The van der Waals surface area contributed by atoms with E-state index >= 15 is 0 Å². The fourth-order valence-electron chi connectivity index (χ4n) is 2.46. The van der Waals surface area contributed by atoms with Crippen molar-refractivity contribution >= 4 is 11.0 Å². The van der Waals surface area contributed by atoms with Gasteiger partial charge in [-0.05, 0) is 30.2 Å².